The number of sulfone groups is 1. The predicted octanol–water partition coefficient (Wildman–Crippen LogP) is 3.90. The van der Waals surface area contributed by atoms with Gasteiger partial charge in [0.05, 0.1) is 11.5 Å². The molecule has 1 aliphatic rings. The molecule has 25 heavy (non-hydrogen) atoms. The molecule has 0 amide bonds. The van der Waals surface area contributed by atoms with Crippen LogP contribution in [0.2, 0.25) is 0 Å². The van der Waals surface area contributed by atoms with E-state index in [1.807, 2.05) is 52.0 Å². The topological polar surface area (TPSA) is 55.9 Å². The number of benzene rings is 2. The van der Waals surface area contributed by atoms with Gasteiger partial charge in [-0.1, -0.05) is 50.6 Å². The van der Waals surface area contributed by atoms with Gasteiger partial charge >= 0.3 is 0 Å². The molecule has 1 aliphatic heterocycles. The van der Waals surface area contributed by atoms with Crippen LogP contribution in [0.5, 0.6) is 5.75 Å². The average molecular weight is 360 g/mol. The van der Waals surface area contributed by atoms with E-state index in [2.05, 4.69) is 0 Å². The summed E-state index contributed by atoms with van der Waals surface area (Å²) in [5, 5.41) is 0. The van der Waals surface area contributed by atoms with Gasteiger partial charge in [-0.2, -0.15) is 0 Å². The van der Waals surface area contributed by atoms with Crippen LogP contribution in [0.15, 0.2) is 52.3 Å². The largest absolute Gasteiger partial charge is 0.489 e. The van der Waals surface area contributed by atoms with E-state index in [0.717, 1.165) is 11.1 Å². The fraction of sp³-hybridized carbons (Fsp3) is 0.400. The van der Waals surface area contributed by atoms with E-state index in [1.54, 1.807) is 18.2 Å². The molecule has 1 atom stereocenters. The van der Waals surface area contributed by atoms with Crippen molar-refractivity contribution in [3.05, 3.63) is 53.6 Å². The first-order chi connectivity index (χ1) is 11.7. The molecular formula is C20H24O4S. The normalized spacial score (nSPS) is 17.4. The zero-order chi connectivity index (χ0) is 18.2. The number of hydrogen-bond acceptors (Lipinski definition) is 4. The van der Waals surface area contributed by atoms with E-state index in [1.165, 1.54) is 0 Å². The lowest BCUT2D eigenvalue weighted by molar-refractivity contribution is 0.257. The summed E-state index contributed by atoms with van der Waals surface area (Å²) in [7, 11) is -3.69. The van der Waals surface area contributed by atoms with Gasteiger partial charge in [0.2, 0.25) is 9.84 Å². The highest BCUT2D eigenvalue weighted by Gasteiger charge is 2.32. The number of hydrogen-bond donors (Lipinski definition) is 0. The molecule has 4 nitrogen and oxygen atoms in total. The van der Waals surface area contributed by atoms with Crippen molar-refractivity contribution in [2.75, 3.05) is 13.2 Å². The fourth-order valence-corrected chi connectivity index (χ4v) is 4.47. The number of epoxide rings is 1. The van der Waals surface area contributed by atoms with Crippen LogP contribution in [0, 0.1) is 6.92 Å². The third kappa shape index (κ3) is 3.88. The Balaban J connectivity index is 2.14. The Kier molecular flexibility index (Phi) is 4.64. The van der Waals surface area contributed by atoms with Gasteiger partial charge in [0.15, 0.2) is 0 Å². The molecule has 0 aliphatic carbocycles. The standard InChI is InChI=1S/C20H24O4S/c1-14-8-10-16(11-9-14)25(21,22)19-17(20(2,3)4)6-5-7-18(19)24-13-15-12-23-15/h5-11,15H,12-13H2,1-4H3. The minimum atomic E-state index is -3.69. The summed E-state index contributed by atoms with van der Waals surface area (Å²) in [4.78, 5) is 0.536. The van der Waals surface area contributed by atoms with Gasteiger partial charge in [-0.15, -0.1) is 0 Å². The molecule has 134 valence electrons. The van der Waals surface area contributed by atoms with Gasteiger partial charge in [0.1, 0.15) is 23.4 Å². The second-order valence-electron chi connectivity index (χ2n) is 7.47. The molecule has 0 N–H and O–H groups in total. The maximum atomic E-state index is 13.4. The minimum absolute atomic E-state index is 0.0632. The molecule has 0 aromatic heterocycles. The molecule has 0 spiro atoms. The molecule has 1 saturated heterocycles. The smallest absolute Gasteiger partial charge is 0.210 e. The van der Waals surface area contributed by atoms with Crippen LogP contribution in [-0.4, -0.2) is 27.7 Å². The highest BCUT2D eigenvalue weighted by atomic mass is 32.2. The van der Waals surface area contributed by atoms with Crippen LogP contribution in [0.1, 0.15) is 31.9 Å². The first-order valence-electron chi connectivity index (χ1n) is 8.39. The first kappa shape index (κ1) is 18.0. The molecule has 0 saturated carbocycles. The van der Waals surface area contributed by atoms with Crippen LogP contribution in [0.3, 0.4) is 0 Å². The van der Waals surface area contributed by atoms with E-state index >= 15 is 0 Å². The third-order valence-corrected chi connectivity index (χ3v) is 6.07. The Morgan fingerprint density at radius 1 is 1.12 bits per heavy atom. The summed E-state index contributed by atoms with van der Waals surface area (Å²) in [6.45, 7) is 8.98. The molecule has 2 aromatic carbocycles. The third-order valence-electron chi connectivity index (χ3n) is 4.21. The van der Waals surface area contributed by atoms with Crippen molar-refractivity contribution in [1.82, 2.24) is 0 Å². The van der Waals surface area contributed by atoms with E-state index in [4.69, 9.17) is 9.47 Å². The summed E-state index contributed by atoms with van der Waals surface area (Å²) >= 11 is 0. The summed E-state index contributed by atoms with van der Waals surface area (Å²) in [5.74, 6) is 0.392. The highest BCUT2D eigenvalue weighted by Crippen LogP contribution is 2.38. The molecular weight excluding hydrogens is 336 g/mol. The molecule has 5 heteroatoms. The second-order valence-corrected chi connectivity index (χ2v) is 9.35. The van der Waals surface area contributed by atoms with Gasteiger partial charge in [0.25, 0.3) is 0 Å². The van der Waals surface area contributed by atoms with Crippen molar-refractivity contribution in [2.45, 2.75) is 49.0 Å². The van der Waals surface area contributed by atoms with E-state index in [9.17, 15) is 8.42 Å². The number of aryl methyl sites for hydroxylation is 1. The van der Waals surface area contributed by atoms with Crippen LogP contribution >= 0.6 is 0 Å². The Hall–Kier alpha value is -1.85. The highest BCUT2D eigenvalue weighted by molar-refractivity contribution is 7.91. The van der Waals surface area contributed by atoms with Crippen LogP contribution in [0.4, 0.5) is 0 Å². The van der Waals surface area contributed by atoms with Gasteiger partial charge in [0, 0.05) is 0 Å². The minimum Gasteiger partial charge on any atom is -0.489 e. The molecule has 1 unspecified atom stereocenters. The summed E-state index contributed by atoms with van der Waals surface area (Å²) in [5.41, 5.74) is 1.44. The lowest BCUT2D eigenvalue weighted by Gasteiger charge is -2.24. The van der Waals surface area contributed by atoms with Crippen molar-refractivity contribution in [2.24, 2.45) is 0 Å². The lowest BCUT2D eigenvalue weighted by Crippen LogP contribution is -2.19. The SMILES string of the molecule is Cc1ccc(S(=O)(=O)c2c(OCC3CO3)cccc2C(C)(C)C)cc1. The first-order valence-corrected chi connectivity index (χ1v) is 9.87. The molecule has 2 aromatic rings. The van der Waals surface area contributed by atoms with Gasteiger partial charge in [-0.05, 0) is 36.1 Å². The van der Waals surface area contributed by atoms with Gasteiger partial charge < -0.3 is 9.47 Å². The predicted molar refractivity (Wildman–Crippen MR) is 97.0 cm³/mol. The molecule has 0 radical (unpaired) electrons. The summed E-state index contributed by atoms with van der Waals surface area (Å²) in [6.07, 6.45) is 0.0632. The van der Waals surface area contributed by atoms with E-state index in [0.29, 0.717) is 19.0 Å². The van der Waals surface area contributed by atoms with E-state index in [-0.39, 0.29) is 21.3 Å². The fourth-order valence-electron chi connectivity index (χ4n) is 2.68. The van der Waals surface area contributed by atoms with Crippen LogP contribution in [-0.2, 0) is 20.0 Å². The van der Waals surface area contributed by atoms with Crippen molar-refractivity contribution in [3.8, 4) is 5.75 Å². The van der Waals surface area contributed by atoms with Crippen molar-refractivity contribution < 1.29 is 17.9 Å². The summed E-state index contributed by atoms with van der Waals surface area (Å²) in [6, 6.07) is 12.4. The Morgan fingerprint density at radius 3 is 2.32 bits per heavy atom. The van der Waals surface area contributed by atoms with Crippen molar-refractivity contribution >= 4 is 9.84 Å². The Bertz CT molecular complexity index is 858. The van der Waals surface area contributed by atoms with Gasteiger partial charge in [-0.3, -0.25) is 0 Å². The zero-order valence-corrected chi connectivity index (χ0v) is 15.9. The zero-order valence-electron chi connectivity index (χ0n) is 15.1. The molecule has 1 fully saturated rings. The number of rotatable bonds is 5. The molecule has 1 heterocycles. The maximum Gasteiger partial charge on any atom is 0.210 e. The Morgan fingerprint density at radius 2 is 1.76 bits per heavy atom. The quantitative estimate of drug-likeness (QED) is 0.759. The molecule has 3 rings (SSSR count). The van der Waals surface area contributed by atoms with Crippen LogP contribution < -0.4 is 4.74 Å². The number of ether oxygens (including phenoxy) is 2. The van der Waals surface area contributed by atoms with Crippen molar-refractivity contribution in [1.29, 1.82) is 0 Å². The monoisotopic (exact) mass is 360 g/mol. The van der Waals surface area contributed by atoms with Gasteiger partial charge in [-0.25, -0.2) is 8.42 Å². The van der Waals surface area contributed by atoms with E-state index < -0.39 is 9.84 Å². The van der Waals surface area contributed by atoms with Crippen LogP contribution in [0.25, 0.3) is 0 Å². The van der Waals surface area contributed by atoms with Crippen molar-refractivity contribution in [3.63, 3.8) is 0 Å². The summed E-state index contributed by atoms with van der Waals surface area (Å²) < 4.78 is 37.8. The average Bonchev–Trinajstić information content (AvgIpc) is 3.36. The maximum absolute atomic E-state index is 13.4. The Labute approximate surface area is 149 Å². The second kappa shape index (κ2) is 6.46. The lowest BCUT2D eigenvalue weighted by atomic mass is 9.87. The molecule has 0 bridgehead atoms.